The molecule has 0 saturated carbocycles. The standard InChI is InChI=1S/C12H15N3S2/c1-3-13-9(2)10-5-4-6-14-11(10)17-12-15-7-8-16-12/h4-9,13H,3H2,1-2H3. The minimum Gasteiger partial charge on any atom is -0.310 e. The van der Waals surface area contributed by atoms with E-state index >= 15 is 0 Å². The highest BCUT2D eigenvalue weighted by molar-refractivity contribution is 8.01. The SMILES string of the molecule is CCNC(C)c1cccnc1Sc1nccs1. The molecule has 0 radical (unpaired) electrons. The van der Waals surface area contributed by atoms with Crippen molar-refractivity contribution in [3.05, 3.63) is 35.5 Å². The van der Waals surface area contributed by atoms with Crippen LogP contribution in [0, 0.1) is 0 Å². The molecule has 0 spiro atoms. The number of hydrogen-bond acceptors (Lipinski definition) is 5. The van der Waals surface area contributed by atoms with Gasteiger partial charge in [0.1, 0.15) is 5.03 Å². The van der Waals surface area contributed by atoms with Gasteiger partial charge in [0.25, 0.3) is 0 Å². The van der Waals surface area contributed by atoms with Crippen LogP contribution in [0.15, 0.2) is 39.3 Å². The summed E-state index contributed by atoms with van der Waals surface area (Å²) in [5.74, 6) is 0. The van der Waals surface area contributed by atoms with Gasteiger partial charge in [0, 0.05) is 29.4 Å². The molecule has 1 N–H and O–H groups in total. The molecule has 0 aromatic carbocycles. The zero-order valence-electron chi connectivity index (χ0n) is 9.88. The Morgan fingerprint density at radius 2 is 2.29 bits per heavy atom. The van der Waals surface area contributed by atoms with Crippen molar-refractivity contribution in [2.24, 2.45) is 0 Å². The molecule has 1 atom stereocenters. The van der Waals surface area contributed by atoms with Crippen molar-refractivity contribution in [2.45, 2.75) is 29.3 Å². The second kappa shape index (κ2) is 6.14. The first kappa shape index (κ1) is 12.5. The fourth-order valence-corrected chi connectivity index (χ4v) is 3.29. The molecule has 0 fully saturated rings. The van der Waals surface area contributed by atoms with E-state index in [4.69, 9.17) is 0 Å². The van der Waals surface area contributed by atoms with Gasteiger partial charge in [-0.3, -0.25) is 0 Å². The summed E-state index contributed by atoms with van der Waals surface area (Å²) in [5, 5.41) is 6.43. The van der Waals surface area contributed by atoms with Gasteiger partial charge in [0.05, 0.1) is 0 Å². The Hall–Kier alpha value is -0.910. The molecular formula is C12H15N3S2. The number of rotatable bonds is 5. The summed E-state index contributed by atoms with van der Waals surface area (Å²) in [5.41, 5.74) is 1.23. The van der Waals surface area contributed by atoms with Gasteiger partial charge in [-0.25, -0.2) is 9.97 Å². The van der Waals surface area contributed by atoms with Crippen LogP contribution in [0.4, 0.5) is 0 Å². The second-order valence-corrected chi connectivity index (χ2v) is 5.71. The van der Waals surface area contributed by atoms with E-state index in [2.05, 4.69) is 35.2 Å². The van der Waals surface area contributed by atoms with Crippen molar-refractivity contribution in [2.75, 3.05) is 6.54 Å². The fraction of sp³-hybridized carbons (Fsp3) is 0.333. The van der Waals surface area contributed by atoms with Gasteiger partial charge < -0.3 is 5.32 Å². The summed E-state index contributed by atoms with van der Waals surface area (Å²) in [4.78, 5) is 8.73. The van der Waals surface area contributed by atoms with Crippen LogP contribution in [0.3, 0.4) is 0 Å². The third kappa shape index (κ3) is 3.28. The van der Waals surface area contributed by atoms with Gasteiger partial charge in [-0.05, 0) is 31.3 Å². The molecule has 2 rings (SSSR count). The predicted octanol–water partition coefficient (Wildman–Crippen LogP) is 3.36. The Morgan fingerprint density at radius 1 is 1.41 bits per heavy atom. The van der Waals surface area contributed by atoms with Crippen LogP contribution >= 0.6 is 23.1 Å². The topological polar surface area (TPSA) is 37.8 Å². The summed E-state index contributed by atoms with van der Waals surface area (Å²) in [6, 6.07) is 4.42. The van der Waals surface area contributed by atoms with Crippen LogP contribution in [0.25, 0.3) is 0 Å². The average molecular weight is 265 g/mol. The monoisotopic (exact) mass is 265 g/mol. The van der Waals surface area contributed by atoms with E-state index in [1.54, 1.807) is 23.1 Å². The molecule has 0 amide bonds. The van der Waals surface area contributed by atoms with Crippen LogP contribution < -0.4 is 5.32 Å². The lowest BCUT2D eigenvalue weighted by atomic mass is 10.1. The first-order valence-corrected chi connectivity index (χ1v) is 7.26. The Kier molecular flexibility index (Phi) is 4.53. The van der Waals surface area contributed by atoms with Crippen LogP contribution in [0.5, 0.6) is 0 Å². The van der Waals surface area contributed by atoms with Gasteiger partial charge in [0.15, 0.2) is 4.34 Å². The van der Waals surface area contributed by atoms with E-state index in [-0.39, 0.29) is 0 Å². The van der Waals surface area contributed by atoms with Crippen LogP contribution in [0.1, 0.15) is 25.5 Å². The maximum atomic E-state index is 4.45. The Balaban J connectivity index is 2.21. The smallest absolute Gasteiger partial charge is 0.156 e. The van der Waals surface area contributed by atoms with Gasteiger partial charge in [-0.1, -0.05) is 13.0 Å². The van der Waals surface area contributed by atoms with Crippen molar-refractivity contribution < 1.29 is 0 Å². The zero-order valence-corrected chi connectivity index (χ0v) is 11.5. The number of aromatic nitrogens is 2. The highest BCUT2D eigenvalue weighted by Gasteiger charge is 2.12. The lowest BCUT2D eigenvalue weighted by Gasteiger charge is -2.15. The van der Waals surface area contributed by atoms with Crippen LogP contribution in [-0.4, -0.2) is 16.5 Å². The molecule has 90 valence electrons. The molecule has 2 aromatic heterocycles. The largest absolute Gasteiger partial charge is 0.310 e. The summed E-state index contributed by atoms with van der Waals surface area (Å²) >= 11 is 3.27. The molecule has 2 aromatic rings. The second-order valence-electron chi connectivity index (χ2n) is 3.58. The fourth-order valence-electron chi connectivity index (χ4n) is 1.58. The molecule has 17 heavy (non-hydrogen) atoms. The molecule has 5 heteroatoms. The van der Waals surface area contributed by atoms with Crippen LogP contribution in [0.2, 0.25) is 0 Å². The molecule has 0 aliphatic carbocycles. The van der Waals surface area contributed by atoms with Crippen LogP contribution in [-0.2, 0) is 0 Å². The molecule has 0 bridgehead atoms. The van der Waals surface area contributed by atoms with Gasteiger partial charge in [0.2, 0.25) is 0 Å². The highest BCUT2D eigenvalue weighted by atomic mass is 32.2. The van der Waals surface area contributed by atoms with Crippen molar-refractivity contribution in [3.8, 4) is 0 Å². The van der Waals surface area contributed by atoms with E-state index in [1.807, 2.05) is 23.8 Å². The van der Waals surface area contributed by atoms with E-state index in [9.17, 15) is 0 Å². The zero-order chi connectivity index (χ0) is 12.1. The van der Waals surface area contributed by atoms with E-state index < -0.39 is 0 Å². The molecule has 0 saturated heterocycles. The maximum absolute atomic E-state index is 4.45. The lowest BCUT2D eigenvalue weighted by Crippen LogP contribution is -2.18. The van der Waals surface area contributed by atoms with Crippen molar-refractivity contribution in [1.82, 2.24) is 15.3 Å². The Labute approximate surface area is 110 Å². The van der Waals surface area contributed by atoms with Gasteiger partial charge >= 0.3 is 0 Å². The normalized spacial score (nSPS) is 12.6. The third-order valence-corrected chi connectivity index (χ3v) is 4.29. The van der Waals surface area contributed by atoms with E-state index in [0.29, 0.717) is 6.04 Å². The van der Waals surface area contributed by atoms with E-state index in [0.717, 1.165) is 15.9 Å². The first-order chi connectivity index (χ1) is 8.31. The molecule has 1 unspecified atom stereocenters. The number of nitrogens with zero attached hydrogens (tertiary/aromatic N) is 2. The van der Waals surface area contributed by atoms with Gasteiger partial charge in [-0.2, -0.15) is 0 Å². The number of hydrogen-bond donors (Lipinski definition) is 1. The van der Waals surface area contributed by atoms with E-state index in [1.165, 1.54) is 5.56 Å². The summed E-state index contributed by atoms with van der Waals surface area (Å²) in [6.07, 6.45) is 3.65. The molecule has 0 aliphatic heterocycles. The van der Waals surface area contributed by atoms with Crippen molar-refractivity contribution in [1.29, 1.82) is 0 Å². The molecule has 0 aliphatic rings. The number of pyridine rings is 1. The summed E-state index contributed by atoms with van der Waals surface area (Å²) in [7, 11) is 0. The lowest BCUT2D eigenvalue weighted by molar-refractivity contribution is 0.585. The average Bonchev–Trinajstić information content (AvgIpc) is 2.83. The quantitative estimate of drug-likeness (QED) is 0.899. The summed E-state index contributed by atoms with van der Waals surface area (Å²) in [6.45, 7) is 5.23. The molecule has 3 nitrogen and oxygen atoms in total. The maximum Gasteiger partial charge on any atom is 0.156 e. The predicted molar refractivity (Wildman–Crippen MR) is 72.6 cm³/mol. The summed E-state index contributed by atoms with van der Waals surface area (Å²) < 4.78 is 1.04. The number of nitrogens with one attached hydrogen (secondary N) is 1. The molecular weight excluding hydrogens is 250 g/mol. The minimum absolute atomic E-state index is 0.316. The van der Waals surface area contributed by atoms with Gasteiger partial charge in [-0.15, -0.1) is 11.3 Å². The number of thiazole rings is 1. The Morgan fingerprint density at radius 3 is 3.00 bits per heavy atom. The van der Waals surface area contributed by atoms with Crippen molar-refractivity contribution >= 4 is 23.1 Å². The minimum atomic E-state index is 0.316. The Bertz CT molecular complexity index is 457. The highest BCUT2D eigenvalue weighted by Crippen LogP contribution is 2.32. The third-order valence-electron chi connectivity index (χ3n) is 2.37. The molecule has 2 heterocycles. The van der Waals surface area contributed by atoms with Crippen molar-refractivity contribution in [3.63, 3.8) is 0 Å². The first-order valence-electron chi connectivity index (χ1n) is 5.57.